The summed E-state index contributed by atoms with van der Waals surface area (Å²) in [6.45, 7) is -2.62. The highest BCUT2D eigenvalue weighted by Gasteiger charge is 2.51. The lowest BCUT2D eigenvalue weighted by atomic mass is 9.96. The van der Waals surface area contributed by atoms with Crippen LogP contribution in [-0.2, 0) is 23.7 Å². The molecule has 0 saturated carbocycles. The van der Waals surface area contributed by atoms with Crippen molar-refractivity contribution < 1.29 is 79.9 Å². The first-order valence-electron chi connectivity index (χ1n) is 10.4. The number of aliphatic hydroxyl groups excluding tert-OH is 11. The maximum atomic E-state index is 11.0. The highest BCUT2D eigenvalue weighted by Crippen LogP contribution is 2.30. The highest BCUT2D eigenvalue weighted by atomic mass is 16.7. The van der Waals surface area contributed by atoms with Gasteiger partial charge in [0, 0.05) is 0 Å². The van der Waals surface area contributed by atoms with E-state index >= 15 is 0 Å². The van der Waals surface area contributed by atoms with Gasteiger partial charge >= 0.3 is 0 Å². The van der Waals surface area contributed by atoms with Gasteiger partial charge in [0.1, 0.15) is 73.2 Å². The number of hydrogen-bond acceptors (Lipinski definition) is 16. The molecule has 2 aliphatic heterocycles. The Kier molecular flexibility index (Phi) is 11.1. The zero-order valence-electron chi connectivity index (χ0n) is 17.7. The average Bonchev–Trinajstić information content (AvgIpc) is 2.84. The van der Waals surface area contributed by atoms with E-state index in [-0.39, 0.29) is 6.29 Å². The van der Waals surface area contributed by atoms with Crippen LogP contribution in [-0.4, -0.2) is 168 Å². The van der Waals surface area contributed by atoms with E-state index < -0.39 is 106 Å². The van der Waals surface area contributed by atoms with Gasteiger partial charge in [-0.25, -0.2) is 0 Å². The van der Waals surface area contributed by atoms with Gasteiger partial charge in [-0.3, -0.25) is 0 Å². The number of carbonyl (C=O) groups excluding carboxylic acids is 1. The smallest absolute Gasteiger partial charge is 0.187 e. The van der Waals surface area contributed by atoms with Crippen LogP contribution in [0.4, 0.5) is 0 Å². The molecule has 2 rings (SSSR count). The predicted octanol–water partition coefficient (Wildman–Crippen LogP) is -7.73. The van der Waals surface area contributed by atoms with Crippen molar-refractivity contribution in [1.29, 1.82) is 0 Å². The predicted molar refractivity (Wildman–Crippen MR) is 102 cm³/mol. The topological polar surface area (TPSA) is 277 Å². The average molecular weight is 504 g/mol. The van der Waals surface area contributed by atoms with Crippen LogP contribution in [0, 0.1) is 0 Å². The van der Waals surface area contributed by atoms with Crippen molar-refractivity contribution in [2.75, 3.05) is 19.8 Å². The van der Waals surface area contributed by atoms with Gasteiger partial charge in [-0.05, 0) is 0 Å². The van der Waals surface area contributed by atoms with Crippen molar-refractivity contribution in [2.24, 2.45) is 0 Å². The number of aliphatic hydroxyl groups is 11. The van der Waals surface area contributed by atoms with Crippen LogP contribution in [0.2, 0.25) is 0 Å². The van der Waals surface area contributed by atoms with Crippen LogP contribution in [0.15, 0.2) is 0 Å². The lowest BCUT2D eigenvalue weighted by Crippen LogP contribution is -2.65. The minimum Gasteiger partial charge on any atom is -0.394 e. The molecule has 2 aliphatic rings. The van der Waals surface area contributed by atoms with Crippen molar-refractivity contribution in [3.63, 3.8) is 0 Å². The van der Waals surface area contributed by atoms with Gasteiger partial charge in [-0.2, -0.15) is 0 Å². The lowest BCUT2D eigenvalue weighted by molar-refractivity contribution is -0.367. The lowest BCUT2D eigenvalue weighted by Gasteiger charge is -2.46. The Morgan fingerprint density at radius 3 is 1.85 bits per heavy atom. The van der Waals surface area contributed by atoms with E-state index in [1.165, 1.54) is 0 Å². The van der Waals surface area contributed by atoms with Crippen LogP contribution in [0.5, 0.6) is 0 Å². The molecule has 0 unspecified atom stereocenters. The first-order chi connectivity index (χ1) is 16.0. The molecule has 16 nitrogen and oxygen atoms in total. The summed E-state index contributed by atoms with van der Waals surface area (Å²) in [6, 6.07) is 0. The summed E-state index contributed by atoms with van der Waals surface area (Å²) in [4.78, 5) is 11.0. The molecule has 2 heterocycles. The SMILES string of the molecule is O=C[C@H](O)[C@@H](O[C@@H]1O[C@H](CO)[C@@H](O[C@@H]2O[C@H](CO)[C@@H](O)[C@H](O)[C@H]2O)[C@H](O)[C@H]1O)[C@H](O)[C@H](O)CO. The Morgan fingerprint density at radius 2 is 1.32 bits per heavy atom. The quantitative estimate of drug-likeness (QED) is 0.117. The van der Waals surface area contributed by atoms with Crippen molar-refractivity contribution in [2.45, 2.75) is 85.8 Å². The fourth-order valence-electron chi connectivity index (χ4n) is 3.59. The van der Waals surface area contributed by atoms with Gasteiger partial charge in [0.15, 0.2) is 18.9 Å². The Bertz CT molecular complexity index is 621. The monoisotopic (exact) mass is 504 g/mol. The molecular weight excluding hydrogens is 472 g/mol. The third-order valence-electron chi connectivity index (χ3n) is 5.65. The molecule has 2 saturated heterocycles. The zero-order chi connectivity index (χ0) is 25.7. The molecule has 16 heteroatoms. The molecule has 34 heavy (non-hydrogen) atoms. The molecule has 0 bridgehead atoms. The third-order valence-corrected chi connectivity index (χ3v) is 5.65. The van der Waals surface area contributed by atoms with Gasteiger partial charge in [0.05, 0.1) is 19.8 Å². The molecule has 0 amide bonds. The van der Waals surface area contributed by atoms with E-state index in [1.807, 2.05) is 0 Å². The first-order valence-corrected chi connectivity index (χ1v) is 10.4. The van der Waals surface area contributed by atoms with Crippen molar-refractivity contribution >= 4 is 6.29 Å². The third kappa shape index (κ3) is 6.25. The standard InChI is InChI=1S/C18H32O16/c19-1-5(23)9(25)15(6(24)2-20)33-18-14(30)12(28)16(8(4-22)32-18)34-17-13(29)11(27)10(26)7(3-21)31-17/h2,5-19,21-30H,1,3-4H2/t5-,6+,7-,8-,9-,10-,11+,12-,13-,14-,15-,16-,17+,18+/m1/s1. The Morgan fingerprint density at radius 1 is 0.765 bits per heavy atom. The maximum absolute atomic E-state index is 11.0. The van der Waals surface area contributed by atoms with Crippen LogP contribution >= 0.6 is 0 Å². The zero-order valence-corrected chi connectivity index (χ0v) is 17.7. The molecular formula is C18H32O16. The second-order valence-corrected chi connectivity index (χ2v) is 7.97. The second-order valence-electron chi connectivity index (χ2n) is 7.97. The van der Waals surface area contributed by atoms with Gasteiger partial charge < -0.3 is 79.9 Å². The molecule has 0 aromatic rings. The second kappa shape index (κ2) is 12.9. The largest absolute Gasteiger partial charge is 0.394 e. The maximum Gasteiger partial charge on any atom is 0.187 e. The summed E-state index contributed by atoms with van der Waals surface area (Å²) in [6.07, 6.45) is -25.4. The molecule has 11 N–H and O–H groups in total. The van der Waals surface area contributed by atoms with E-state index in [1.54, 1.807) is 0 Å². The molecule has 14 atom stereocenters. The van der Waals surface area contributed by atoms with Crippen LogP contribution < -0.4 is 0 Å². The van der Waals surface area contributed by atoms with Gasteiger partial charge in [-0.15, -0.1) is 0 Å². The summed E-state index contributed by atoms with van der Waals surface area (Å²) < 4.78 is 21.0. The van der Waals surface area contributed by atoms with Crippen LogP contribution in [0.3, 0.4) is 0 Å². The number of rotatable bonds is 11. The summed E-state index contributed by atoms with van der Waals surface area (Å²) >= 11 is 0. The Balaban J connectivity index is 2.17. The number of ether oxygens (including phenoxy) is 4. The molecule has 0 radical (unpaired) electrons. The fraction of sp³-hybridized carbons (Fsp3) is 0.944. The molecule has 0 aliphatic carbocycles. The van der Waals surface area contributed by atoms with Crippen molar-refractivity contribution in [3.8, 4) is 0 Å². The highest BCUT2D eigenvalue weighted by molar-refractivity contribution is 5.56. The van der Waals surface area contributed by atoms with E-state index in [0.717, 1.165) is 0 Å². The van der Waals surface area contributed by atoms with E-state index in [9.17, 15) is 55.9 Å². The Hall–Kier alpha value is -0.930. The summed E-state index contributed by atoms with van der Waals surface area (Å²) in [5, 5.41) is 108. The van der Waals surface area contributed by atoms with E-state index in [0.29, 0.717) is 0 Å². The minimum absolute atomic E-state index is 0.0574. The molecule has 0 aromatic heterocycles. The first kappa shape index (κ1) is 29.3. The number of carbonyl (C=O) groups is 1. The van der Waals surface area contributed by atoms with Crippen molar-refractivity contribution in [1.82, 2.24) is 0 Å². The van der Waals surface area contributed by atoms with Gasteiger partial charge in [-0.1, -0.05) is 0 Å². The van der Waals surface area contributed by atoms with Gasteiger partial charge in [0.25, 0.3) is 0 Å². The molecule has 0 aromatic carbocycles. The molecule has 0 spiro atoms. The summed E-state index contributed by atoms with van der Waals surface area (Å²) in [5.41, 5.74) is 0. The van der Waals surface area contributed by atoms with E-state index in [4.69, 9.17) is 24.1 Å². The van der Waals surface area contributed by atoms with Gasteiger partial charge in [0.2, 0.25) is 0 Å². The summed E-state index contributed by atoms with van der Waals surface area (Å²) in [7, 11) is 0. The fourth-order valence-corrected chi connectivity index (χ4v) is 3.59. The number of hydrogen-bond donors (Lipinski definition) is 11. The van der Waals surface area contributed by atoms with Crippen LogP contribution in [0.1, 0.15) is 0 Å². The van der Waals surface area contributed by atoms with Crippen LogP contribution in [0.25, 0.3) is 0 Å². The molecule has 2 fully saturated rings. The normalized spacial score (nSPS) is 42.6. The number of aldehydes is 1. The van der Waals surface area contributed by atoms with E-state index in [2.05, 4.69) is 0 Å². The molecule has 200 valence electrons. The Labute approximate surface area is 192 Å². The summed E-state index contributed by atoms with van der Waals surface area (Å²) in [5.74, 6) is 0. The van der Waals surface area contributed by atoms with Crippen molar-refractivity contribution in [3.05, 3.63) is 0 Å². The minimum atomic E-state index is -2.06.